The van der Waals surface area contributed by atoms with Crippen LogP contribution in [0.15, 0.2) is 6.33 Å². The maximum absolute atomic E-state index is 12.2. The number of amides is 1. The fourth-order valence-electron chi connectivity index (χ4n) is 3.80. The van der Waals surface area contributed by atoms with Gasteiger partial charge in [-0.25, -0.2) is 4.98 Å². The molecular formula is C20H30N6O2. The minimum absolute atomic E-state index is 0.0954. The number of hydrogen-bond donors (Lipinski definition) is 1. The average Bonchev–Trinajstić information content (AvgIpc) is 3.33. The van der Waals surface area contributed by atoms with Gasteiger partial charge in [-0.05, 0) is 25.7 Å². The Balaban J connectivity index is 1.77. The van der Waals surface area contributed by atoms with Gasteiger partial charge in [-0.3, -0.25) is 14.7 Å². The Kier molecular flexibility index (Phi) is 4.99. The minimum Gasteiger partial charge on any atom is -0.355 e. The first-order chi connectivity index (χ1) is 13.4. The number of carbonyl (C=O) groups excluding carboxylic acids is 1. The van der Waals surface area contributed by atoms with Gasteiger partial charge in [-0.2, -0.15) is 9.97 Å². The van der Waals surface area contributed by atoms with Crippen molar-refractivity contribution in [3.63, 3.8) is 0 Å². The van der Waals surface area contributed by atoms with Crippen LogP contribution in [0.4, 0.5) is 11.8 Å². The van der Waals surface area contributed by atoms with Gasteiger partial charge in [0.15, 0.2) is 17.0 Å². The predicted molar refractivity (Wildman–Crippen MR) is 108 cm³/mol. The summed E-state index contributed by atoms with van der Waals surface area (Å²) in [5.41, 5.74) is 1.47. The van der Waals surface area contributed by atoms with E-state index in [-0.39, 0.29) is 24.2 Å². The number of ether oxygens (including phenoxy) is 1. The molecule has 1 N–H and O–H groups in total. The summed E-state index contributed by atoms with van der Waals surface area (Å²) in [7, 11) is 2.04. The molecule has 1 aliphatic heterocycles. The van der Waals surface area contributed by atoms with Gasteiger partial charge in [0.2, 0.25) is 11.9 Å². The van der Waals surface area contributed by atoms with E-state index in [9.17, 15) is 4.79 Å². The lowest BCUT2D eigenvalue weighted by molar-refractivity contribution is -0.118. The molecule has 4 rings (SSSR count). The average molecular weight is 387 g/mol. The van der Waals surface area contributed by atoms with Gasteiger partial charge in [0, 0.05) is 24.9 Å². The summed E-state index contributed by atoms with van der Waals surface area (Å²) >= 11 is 0. The highest BCUT2D eigenvalue weighted by atomic mass is 16.5. The number of nitrogens with one attached hydrogen (secondary N) is 1. The molecule has 2 fully saturated rings. The van der Waals surface area contributed by atoms with E-state index in [0.29, 0.717) is 23.6 Å². The van der Waals surface area contributed by atoms with Crippen LogP contribution in [0.25, 0.3) is 11.2 Å². The Bertz CT molecular complexity index is 875. The normalized spacial score (nSPS) is 24.9. The molecule has 2 aromatic rings. The third-order valence-electron chi connectivity index (χ3n) is 5.77. The number of carbonyl (C=O) groups is 1. The van der Waals surface area contributed by atoms with Crippen molar-refractivity contribution in [2.75, 3.05) is 17.3 Å². The molecule has 0 spiro atoms. The number of hydrogen-bond acceptors (Lipinski definition) is 6. The second-order valence-corrected chi connectivity index (χ2v) is 8.45. The van der Waals surface area contributed by atoms with E-state index in [4.69, 9.17) is 4.74 Å². The Morgan fingerprint density at radius 1 is 1.39 bits per heavy atom. The molecule has 1 saturated heterocycles. The highest BCUT2D eigenvalue weighted by Gasteiger charge is 2.35. The minimum atomic E-state index is -0.141. The number of nitrogens with zero attached hydrogens (tertiary/aromatic N) is 5. The van der Waals surface area contributed by atoms with Crippen molar-refractivity contribution >= 4 is 28.8 Å². The Morgan fingerprint density at radius 3 is 2.75 bits per heavy atom. The second-order valence-electron chi connectivity index (χ2n) is 8.45. The number of fused-ring (bicyclic) bond motifs is 1. The van der Waals surface area contributed by atoms with E-state index in [1.165, 1.54) is 0 Å². The maximum atomic E-state index is 12.2. The van der Waals surface area contributed by atoms with Crippen molar-refractivity contribution in [3.8, 4) is 0 Å². The predicted octanol–water partition coefficient (Wildman–Crippen LogP) is 3.35. The van der Waals surface area contributed by atoms with Gasteiger partial charge in [0.1, 0.15) is 6.23 Å². The molecule has 8 heteroatoms. The van der Waals surface area contributed by atoms with E-state index in [0.717, 1.165) is 37.0 Å². The molecule has 0 aromatic carbocycles. The van der Waals surface area contributed by atoms with Crippen LogP contribution in [-0.4, -0.2) is 44.6 Å². The van der Waals surface area contributed by atoms with Crippen molar-refractivity contribution in [3.05, 3.63) is 6.33 Å². The van der Waals surface area contributed by atoms with Crippen molar-refractivity contribution in [1.82, 2.24) is 19.5 Å². The summed E-state index contributed by atoms with van der Waals surface area (Å²) in [5.74, 6) is 1.23. The lowest BCUT2D eigenvalue weighted by Crippen LogP contribution is -2.24. The number of imidazole rings is 1. The fourth-order valence-corrected chi connectivity index (χ4v) is 3.80. The highest BCUT2D eigenvalue weighted by Crippen LogP contribution is 2.39. The summed E-state index contributed by atoms with van der Waals surface area (Å²) in [6.07, 6.45) is 6.28. The first-order valence-electron chi connectivity index (χ1n) is 10.3. The standard InChI is InChI=1S/C20H30N6O2/c1-6-14-9-12(4)19(28-14)26-10-21-15-16(25(5)13-7-8-13)22-20(23-17(15)26)24-18(27)11(2)3/h10-14,19H,6-9H2,1-5H3,(H,22,23,24,27)/t12-,14+,19+/m0/s1. The molecule has 28 heavy (non-hydrogen) atoms. The molecule has 0 unspecified atom stereocenters. The molecule has 2 aromatic heterocycles. The summed E-state index contributed by atoms with van der Waals surface area (Å²) in [4.78, 5) is 28.3. The number of anilines is 2. The second kappa shape index (κ2) is 7.31. The Hall–Kier alpha value is -2.22. The van der Waals surface area contributed by atoms with Gasteiger partial charge in [-0.15, -0.1) is 0 Å². The molecule has 3 atom stereocenters. The van der Waals surface area contributed by atoms with Crippen LogP contribution < -0.4 is 10.2 Å². The lowest BCUT2D eigenvalue weighted by atomic mass is 10.0. The topological polar surface area (TPSA) is 85.2 Å². The van der Waals surface area contributed by atoms with E-state index in [2.05, 4.69) is 39.0 Å². The van der Waals surface area contributed by atoms with Crippen LogP contribution in [-0.2, 0) is 9.53 Å². The zero-order valence-corrected chi connectivity index (χ0v) is 17.3. The van der Waals surface area contributed by atoms with Crippen LogP contribution in [0.1, 0.15) is 59.6 Å². The molecule has 0 bridgehead atoms. The van der Waals surface area contributed by atoms with E-state index >= 15 is 0 Å². The van der Waals surface area contributed by atoms with Crippen LogP contribution in [0.2, 0.25) is 0 Å². The molecule has 8 nitrogen and oxygen atoms in total. The summed E-state index contributed by atoms with van der Waals surface area (Å²) in [5, 5.41) is 2.86. The van der Waals surface area contributed by atoms with Crippen LogP contribution >= 0.6 is 0 Å². The van der Waals surface area contributed by atoms with Gasteiger partial charge >= 0.3 is 0 Å². The Labute approximate surface area is 165 Å². The third-order valence-corrected chi connectivity index (χ3v) is 5.77. The van der Waals surface area contributed by atoms with Gasteiger partial charge in [-0.1, -0.05) is 27.7 Å². The van der Waals surface area contributed by atoms with Crippen molar-refractivity contribution in [2.45, 2.75) is 71.8 Å². The molecular weight excluding hydrogens is 356 g/mol. The maximum Gasteiger partial charge on any atom is 0.233 e. The molecule has 1 aliphatic carbocycles. The quantitative estimate of drug-likeness (QED) is 0.819. The molecule has 1 amide bonds. The van der Waals surface area contributed by atoms with Crippen molar-refractivity contribution in [2.24, 2.45) is 11.8 Å². The summed E-state index contributed by atoms with van der Waals surface area (Å²) < 4.78 is 8.26. The fraction of sp³-hybridized carbons (Fsp3) is 0.700. The van der Waals surface area contributed by atoms with Crippen molar-refractivity contribution in [1.29, 1.82) is 0 Å². The van der Waals surface area contributed by atoms with Gasteiger partial charge in [0.05, 0.1) is 12.4 Å². The Morgan fingerprint density at radius 2 is 2.14 bits per heavy atom. The van der Waals surface area contributed by atoms with Crippen LogP contribution in [0.5, 0.6) is 0 Å². The van der Waals surface area contributed by atoms with Gasteiger partial charge < -0.3 is 9.64 Å². The number of rotatable bonds is 6. The monoisotopic (exact) mass is 386 g/mol. The summed E-state index contributed by atoms with van der Waals surface area (Å²) in [6.45, 7) is 8.06. The third kappa shape index (κ3) is 3.45. The smallest absolute Gasteiger partial charge is 0.233 e. The molecule has 3 heterocycles. The summed E-state index contributed by atoms with van der Waals surface area (Å²) in [6, 6.07) is 0.475. The molecule has 0 radical (unpaired) electrons. The van der Waals surface area contributed by atoms with Crippen LogP contribution in [0.3, 0.4) is 0 Å². The zero-order chi connectivity index (χ0) is 20.0. The molecule has 152 valence electrons. The van der Waals surface area contributed by atoms with Crippen LogP contribution in [0, 0.1) is 11.8 Å². The SMILES string of the molecule is CC[C@@H]1C[C@H](C)[C@H](n2cnc3c(N(C)C4CC4)nc(NC(=O)C(C)C)nc32)O1. The molecule has 2 aliphatic rings. The first-order valence-corrected chi connectivity index (χ1v) is 10.3. The van der Waals surface area contributed by atoms with E-state index < -0.39 is 0 Å². The van der Waals surface area contributed by atoms with Gasteiger partial charge in [0.25, 0.3) is 0 Å². The first kappa shape index (κ1) is 19.1. The highest BCUT2D eigenvalue weighted by molar-refractivity contribution is 5.92. The van der Waals surface area contributed by atoms with Crippen molar-refractivity contribution < 1.29 is 9.53 Å². The number of aromatic nitrogens is 4. The largest absolute Gasteiger partial charge is 0.355 e. The lowest BCUT2D eigenvalue weighted by Gasteiger charge is -2.20. The van der Waals surface area contributed by atoms with E-state index in [1.807, 2.05) is 25.5 Å². The molecule has 1 saturated carbocycles. The zero-order valence-electron chi connectivity index (χ0n) is 17.3. The van der Waals surface area contributed by atoms with E-state index in [1.54, 1.807) is 6.33 Å².